The van der Waals surface area contributed by atoms with Gasteiger partial charge in [-0.25, -0.2) is 29.9 Å². The summed E-state index contributed by atoms with van der Waals surface area (Å²) in [4.78, 5) is 23.1. The van der Waals surface area contributed by atoms with E-state index in [1.54, 1.807) is 12.1 Å². The molecule has 220 valence electrons. The highest BCUT2D eigenvalue weighted by atomic mass is 35.6. The van der Waals surface area contributed by atoms with Gasteiger partial charge in [-0.3, -0.25) is 0 Å². The van der Waals surface area contributed by atoms with E-state index in [2.05, 4.69) is 29.9 Å². The van der Waals surface area contributed by atoms with Crippen molar-refractivity contribution in [2.75, 3.05) is 0 Å². The van der Waals surface area contributed by atoms with Crippen molar-refractivity contribution in [3.63, 3.8) is 0 Å². The summed E-state index contributed by atoms with van der Waals surface area (Å²) in [5, 5.41) is 0.718. The second-order valence-electron chi connectivity index (χ2n) is 6.73. The molecule has 6 nitrogen and oxygen atoms in total. The molecule has 0 fully saturated rings. The number of hydrogen-bond acceptors (Lipinski definition) is 6. The van der Waals surface area contributed by atoms with Gasteiger partial charge in [-0.2, -0.15) is 0 Å². The van der Waals surface area contributed by atoms with Crippen LogP contribution in [0.5, 0.6) is 0 Å². The van der Waals surface area contributed by atoms with Crippen molar-refractivity contribution in [2.24, 2.45) is 0 Å². The fourth-order valence-electron chi connectivity index (χ4n) is 2.18. The molecule has 0 saturated carbocycles. The Kier molecular flexibility index (Phi) is 13.7. The van der Waals surface area contributed by atoms with Crippen molar-refractivity contribution in [1.82, 2.24) is 29.9 Å². The summed E-state index contributed by atoms with van der Waals surface area (Å²) in [5.74, 6) is -1.30. The third-order valence-corrected chi connectivity index (χ3v) is 6.79. The Hall–Kier alpha value is 2.17. The molecule has 1 aromatic carbocycles. The molecule has 3 aromatic rings. The van der Waals surface area contributed by atoms with Crippen LogP contribution < -0.4 is 0 Å². The maximum absolute atomic E-state index is 6.11. The standard InChI is InChI=1S/C11H3Cl8N3.C6Cl9N3/c12-4-1-2-5(6(13)3-4)7-20-8(10(14,15)16)22-9(21-7)11(17,18)19;7-4(8,9)1-16-2(5(10,11)12)18-3(17-1)6(13,14)15/h1-3H;. The number of aromatic nitrogens is 6. The van der Waals surface area contributed by atoms with Crippen molar-refractivity contribution in [3.8, 4) is 11.4 Å². The monoisotopic (exact) mass is 886 g/mol. The molecule has 3 rings (SSSR count). The van der Waals surface area contributed by atoms with Crippen LogP contribution in [0, 0.1) is 0 Å². The summed E-state index contributed by atoms with van der Waals surface area (Å²) in [6.45, 7) is 0. The molecule has 40 heavy (non-hydrogen) atoms. The van der Waals surface area contributed by atoms with Gasteiger partial charge in [0.25, 0.3) is 0 Å². The SMILES string of the molecule is ClC(Cl)(Cl)c1nc(C(Cl)(Cl)Cl)nc(C(Cl)(Cl)Cl)n1.Clc1ccc(-c2nc(C(Cl)(Cl)Cl)nc(C(Cl)(Cl)Cl)n2)c(Cl)c1. The van der Waals surface area contributed by atoms with Crippen molar-refractivity contribution in [3.05, 3.63) is 57.4 Å². The van der Waals surface area contributed by atoms with Crippen LogP contribution in [0.4, 0.5) is 0 Å². The highest BCUT2D eigenvalue weighted by molar-refractivity contribution is 6.69. The molecule has 0 bridgehead atoms. The Bertz CT molecular complexity index is 1240. The van der Waals surface area contributed by atoms with Gasteiger partial charge in [0.2, 0.25) is 19.0 Å². The van der Waals surface area contributed by atoms with Crippen molar-refractivity contribution in [1.29, 1.82) is 0 Å². The summed E-state index contributed by atoms with van der Waals surface area (Å²) < 4.78 is -9.82. The highest BCUT2D eigenvalue weighted by Crippen LogP contribution is 2.44. The van der Waals surface area contributed by atoms with E-state index in [4.69, 9.17) is 197 Å². The lowest BCUT2D eigenvalue weighted by molar-refractivity contribution is 0.789. The van der Waals surface area contributed by atoms with Crippen molar-refractivity contribution in [2.45, 2.75) is 19.0 Å². The molecule has 0 N–H and O–H groups in total. The van der Waals surface area contributed by atoms with Crippen LogP contribution in [0.25, 0.3) is 11.4 Å². The topological polar surface area (TPSA) is 77.3 Å². The van der Waals surface area contributed by atoms with E-state index < -0.39 is 19.0 Å². The van der Waals surface area contributed by atoms with E-state index >= 15 is 0 Å². The summed E-state index contributed by atoms with van der Waals surface area (Å²) in [7, 11) is 0. The molecule has 0 unspecified atom stereocenters. The van der Waals surface area contributed by atoms with Gasteiger partial charge in [0.05, 0.1) is 5.02 Å². The first-order chi connectivity index (χ1) is 17.8. The Morgan fingerprint density at radius 1 is 0.400 bits per heavy atom. The molecule has 2 aromatic heterocycles. The molecule has 23 heteroatoms. The van der Waals surface area contributed by atoms with E-state index in [0.717, 1.165) is 0 Å². The summed E-state index contributed by atoms with van der Waals surface area (Å²) >= 11 is 97.4. The molecule has 2 heterocycles. The first kappa shape index (κ1) is 38.4. The Morgan fingerprint density at radius 3 is 0.925 bits per heavy atom. The fraction of sp³-hybridized carbons (Fsp3) is 0.294. The second-order valence-corrected chi connectivity index (χ2v) is 19.0. The normalized spacial score (nSPS) is 13.1. The van der Waals surface area contributed by atoms with Crippen LogP contribution in [0.15, 0.2) is 18.2 Å². The zero-order valence-corrected chi connectivity index (χ0v) is 30.7. The molecular formula is C17H3Cl17N6. The minimum atomic E-state index is -1.99. The molecule has 0 aliphatic rings. The van der Waals surface area contributed by atoms with E-state index in [9.17, 15) is 0 Å². The predicted molar refractivity (Wildman–Crippen MR) is 171 cm³/mol. The lowest BCUT2D eigenvalue weighted by atomic mass is 10.2. The maximum atomic E-state index is 6.11. The van der Waals surface area contributed by atoms with Crippen LogP contribution in [-0.4, -0.2) is 29.9 Å². The van der Waals surface area contributed by atoms with Crippen LogP contribution >= 0.6 is 197 Å². The van der Waals surface area contributed by atoms with Gasteiger partial charge < -0.3 is 0 Å². The van der Waals surface area contributed by atoms with Crippen LogP contribution in [0.2, 0.25) is 10.0 Å². The van der Waals surface area contributed by atoms with E-state index in [0.29, 0.717) is 10.6 Å². The number of halogens is 17. The van der Waals surface area contributed by atoms with Gasteiger partial charge in [0.1, 0.15) is 0 Å². The van der Waals surface area contributed by atoms with Crippen LogP contribution in [-0.2, 0) is 19.0 Å². The fourth-order valence-corrected chi connectivity index (χ4v) is 3.94. The zero-order chi connectivity index (χ0) is 31.1. The van der Waals surface area contributed by atoms with Gasteiger partial charge in [0.15, 0.2) is 34.9 Å². The molecule has 0 aliphatic carbocycles. The number of rotatable bonds is 1. The molecule has 0 spiro atoms. The van der Waals surface area contributed by atoms with Crippen molar-refractivity contribution < 1.29 is 0 Å². The Labute approximate surface area is 311 Å². The number of hydrogen-bond donors (Lipinski definition) is 0. The average Bonchev–Trinajstić information content (AvgIpc) is 2.76. The van der Waals surface area contributed by atoms with Crippen LogP contribution in [0.3, 0.4) is 0 Å². The average molecular weight is 894 g/mol. The minimum absolute atomic E-state index is 0.0827. The minimum Gasteiger partial charge on any atom is -0.209 e. The second kappa shape index (κ2) is 14.3. The number of benzene rings is 1. The van der Waals surface area contributed by atoms with Crippen LogP contribution in [0.1, 0.15) is 29.1 Å². The molecule has 0 amide bonds. The third kappa shape index (κ3) is 11.5. The van der Waals surface area contributed by atoms with Gasteiger partial charge >= 0.3 is 0 Å². The predicted octanol–water partition coefficient (Wildman–Crippen LogP) is 11.9. The number of alkyl halides is 15. The summed E-state index contributed by atoms with van der Waals surface area (Å²) in [6.07, 6.45) is 0. The Balaban J connectivity index is 0.000000286. The van der Waals surface area contributed by atoms with E-state index in [1.807, 2.05) is 0 Å². The third-order valence-electron chi connectivity index (χ3n) is 3.71. The molecule has 0 aliphatic heterocycles. The quantitative estimate of drug-likeness (QED) is 0.227. The molecular weight excluding hydrogens is 891 g/mol. The highest BCUT2D eigenvalue weighted by Gasteiger charge is 2.38. The Morgan fingerprint density at radius 2 is 0.675 bits per heavy atom. The first-order valence-corrected chi connectivity index (χ1v) is 15.6. The van der Waals surface area contributed by atoms with Gasteiger partial charge in [-0.15, -0.1) is 0 Å². The largest absolute Gasteiger partial charge is 0.250 e. The maximum Gasteiger partial charge on any atom is 0.250 e. The lowest BCUT2D eigenvalue weighted by Gasteiger charge is -2.17. The lowest BCUT2D eigenvalue weighted by Crippen LogP contribution is -2.21. The summed E-state index contributed by atoms with van der Waals surface area (Å²) in [5.41, 5.74) is 0.416. The van der Waals surface area contributed by atoms with Crippen molar-refractivity contribution >= 4 is 197 Å². The molecule has 0 atom stereocenters. The summed E-state index contributed by atoms with van der Waals surface area (Å²) in [6, 6.07) is 4.69. The zero-order valence-electron chi connectivity index (χ0n) is 17.8. The number of nitrogens with zero attached hydrogens (tertiary/aromatic N) is 6. The molecule has 0 saturated heterocycles. The smallest absolute Gasteiger partial charge is 0.209 e. The van der Waals surface area contributed by atoms with E-state index in [-0.39, 0.29) is 40.0 Å². The van der Waals surface area contributed by atoms with Gasteiger partial charge in [-0.05, 0) is 18.2 Å². The van der Waals surface area contributed by atoms with Gasteiger partial charge in [0, 0.05) is 10.6 Å². The first-order valence-electron chi connectivity index (χ1n) is 9.13. The van der Waals surface area contributed by atoms with E-state index in [1.165, 1.54) is 6.07 Å². The van der Waals surface area contributed by atoms with Gasteiger partial charge in [-0.1, -0.05) is 197 Å². The molecule has 0 radical (unpaired) electrons.